The summed E-state index contributed by atoms with van der Waals surface area (Å²) in [5, 5.41) is 11.2. The van der Waals surface area contributed by atoms with Crippen LogP contribution in [0.2, 0.25) is 0 Å². The van der Waals surface area contributed by atoms with Crippen molar-refractivity contribution in [3.05, 3.63) is 66.0 Å². The highest BCUT2D eigenvalue weighted by Crippen LogP contribution is 2.24. The van der Waals surface area contributed by atoms with E-state index in [1.54, 1.807) is 36.5 Å². The van der Waals surface area contributed by atoms with Crippen LogP contribution in [0.5, 0.6) is 11.6 Å². The lowest BCUT2D eigenvalue weighted by Gasteiger charge is -2.05. The molecule has 4 aromatic rings. The summed E-state index contributed by atoms with van der Waals surface area (Å²) < 4.78 is 5.60. The number of aryl methyl sites for hydroxylation is 1. The molecule has 0 aliphatic rings. The van der Waals surface area contributed by atoms with Crippen molar-refractivity contribution in [1.29, 1.82) is 0 Å². The lowest BCUT2D eigenvalue weighted by molar-refractivity contribution is 0.102. The van der Waals surface area contributed by atoms with E-state index >= 15 is 0 Å². The predicted octanol–water partition coefficient (Wildman–Crippen LogP) is 3.83. The number of fused-ring (bicyclic) bond motifs is 1. The first-order valence-corrected chi connectivity index (χ1v) is 8.60. The van der Waals surface area contributed by atoms with Gasteiger partial charge < -0.3 is 4.74 Å². The number of carbonyl (C=O) groups excluding carboxylic acids is 1. The largest absolute Gasteiger partial charge is 0.438 e. The van der Waals surface area contributed by atoms with Gasteiger partial charge in [-0.05, 0) is 49.4 Å². The number of anilines is 1. The number of rotatable bonds is 4. The molecule has 0 bridgehead atoms. The molecule has 0 aliphatic carbocycles. The van der Waals surface area contributed by atoms with Crippen LogP contribution in [0, 0.1) is 6.92 Å². The number of ether oxygens (including phenoxy) is 1. The molecule has 4 rings (SSSR count). The van der Waals surface area contributed by atoms with Crippen molar-refractivity contribution >= 4 is 32.7 Å². The Labute approximate surface area is 152 Å². The fourth-order valence-corrected chi connectivity index (χ4v) is 3.03. The maximum absolute atomic E-state index is 12.4. The van der Waals surface area contributed by atoms with Crippen molar-refractivity contribution in [3.63, 3.8) is 0 Å². The highest BCUT2D eigenvalue weighted by atomic mass is 32.1. The van der Waals surface area contributed by atoms with Crippen LogP contribution in [0.3, 0.4) is 0 Å². The van der Waals surface area contributed by atoms with Gasteiger partial charge in [-0.2, -0.15) is 5.10 Å². The number of carbonyl (C=O) groups is 1. The lowest BCUT2D eigenvalue weighted by atomic mass is 10.2. The Bertz CT molecular complexity index is 1030. The third-order valence-electron chi connectivity index (χ3n) is 3.50. The second kappa shape index (κ2) is 6.85. The van der Waals surface area contributed by atoms with Gasteiger partial charge in [-0.25, -0.2) is 9.97 Å². The molecule has 8 heteroatoms. The van der Waals surface area contributed by atoms with E-state index in [0.717, 1.165) is 16.0 Å². The van der Waals surface area contributed by atoms with E-state index in [-0.39, 0.29) is 5.91 Å². The van der Waals surface area contributed by atoms with Crippen LogP contribution in [0.25, 0.3) is 10.3 Å². The molecule has 0 radical (unpaired) electrons. The van der Waals surface area contributed by atoms with Gasteiger partial charge in [-0.1, -0.05) is 11.3 Å². The molecule has 3 heterocycles. The summed E-state index contributed by atoms with van der Waals surface area (Å²) in [6.07, 6.45) is 1.70. The summed E-state index contributed by atoms with van der Waals surface area (Å²) in [5.41, 5.74) is 2.07. The Morgan fingerprint density at radius 3 is 2.65 bits per heavy atom. The monoisotopic (exact) mass is 363 g/mol. The number of thiazole rings is 1. The molecule has 0 saturated carbocycles. The number of aromatic nitrogens is 4. The van der Waals surface area contributed by atoms with E-state index in [2.05, 4.69) is 25.5 Å². The number of benzene rings is 1. The molecule has 0 atom stereocenters. The molecule has 0 aliphatic heterocycles. The zero-order valence-electron chi connectivity index (χ0n) is 13.7. The summed E-state index contributed by atoms with van der Waals surface area (Å²) in [6, 6.07) is 14.0. The number of hydrogen-bond acceptors (Lipinski definition) is 7. The molecule has 0 saturated heterocycles. The highest BCUT2D eigenvalue weighted by Gasteiger charge is 2.10. The molecule has 26 heavy (non-hydrogen) atoms. The molecular weight excluding hydrogens is 350 g/mol. The second-order valence-electron chi connectivity index (χ2n) is 5.44. The van der Waals surface area contributed by atoms with Crippen LogP contribution in [-0.4, -0.2) is 26.1 Å². The molecule has 7 nitrogen and oxygen atoms in total. The molecule has 1 aromatic carbocycles. The highest BCUT2D eigenvalue weighted by molar-refractivity contribution is 7.21. The topological polar surface area (TPSA) is 89.9 Å². The molecule has 1 N–H and O–H groups in total. The number of amides is 1. The molecule has 0 unspecified atom stereocenters. The van der Waals surface area contributed by atoms with E-state index < -0.39 is 0 Å². The van der Waals surface area contributed by atoms with Gasteiger partial charge in [0, 0.05) is 17.8 Å². The quantitative estimate of drug-likeness (QED) is 0.592. The standard InChI is InChI=1S/C18H13N5O2S/c1-11-4-9-15(23-22-11)25-13-7-5-12(6-8-13)16(24)21-18-20-14-3-2-10-19-17(14)26-18/h2-10H,1H3,(H,20,21,24). The summed E-state index contributed by atoms with van der Waals surface area (Å²) >= 11 is 1.33. The Balaban J connectivity index is 1.45. The van der Waals surface area contributed by atoms with E-state index in [4.69, 9.17) is 4.74 Å². The number of nitrogens with zero attached hydrogens (tertiary/aromatic N) is 4. The van der Waals surface area contributed by atoms with Crippen LogP contribution in [-0.2, 0) is 0 Å². The SMILES string of the molecule is Cc1ccc(Oc2ccc(C(=O)Nc3nc4cccnc4s3)cc2)nn1. The Morgan fingerprint density at radius 2 is 1.92 bits per heavy atom. The second-order valence-corrected chi connectivity index (χ2v) is 6.42. The van der Waals surface area contributed by atoms with E-state index in [9.17, 15) is 4.79 Å². The minimum Gasteiger partial charge on any atom is -0.438 e. The van der Waals surface area contributed by atoms with Crippen molar-refractivity contribution in [3.8, 4) is 11.6 Å². The Hall–Kier alpha value is -3.39. The Morgan fingerprint density at radius 1 is 1.08 bits per heavy atom. The predicted molar refractivity (Wildman–Crippen MR) is 98.7 cm³/mol. The summed E-state index contributed by atoms with van der Waals surface area (Å²) in [7, 11) is 0. The summed E-state index contributed by atoms with van der Waals surface area (Å²) in [6.45, 7) is 1.85. The summed E-state index contributed by atoms with van der Waals surface area (Å²) in [4.78, 5) is 21.7. The van der Waals surface area contributed by atoms with Crippen LogP contribution < -0.4 is 10.1 Å². The lowest BCUT2D eigenvalue weighted by Crippen LogP contribution is -2.11. The van der Waals surface area contributed by atoms with Crippen LogP contribution in [0.1, 0.15) is 16.1 Å². The minimum absolute atomic E-state index is 0.245. The fraction of sp³-hybridized carbons (Fsp3) is 0.0556. The smallest absolute Gasteiger partial charge is 0.257 e. The zero-order valence-corrected chi connectivity index (χ0v) is 14.5. The normalized spacial score (nSPS) is 10.7. The van der Waals surface area contributed by atoms with Crippen molar-refractivity contribution in [2.24, 2.45) is 0 Å². The maximum atomic E-state index is 12.4. The molecular formula is C18H13N5O2S. The number of hydrogen-bond donors (Lipinski definition) is 1. The Kier molecular flexibility index (Phi) is 4.24. The van der Waals surface area contributed by atoms with Crippen molar-refractivity contribution in [2.45, 2.75) is 6.92 Å². The fourth-order valence-electron chi connectivity index (χ4n) is 2.23. The number of pyridine rings is 1. The first-order chi connectivity index (χ1) is 12.7. The van der Waals surface area contributed by atoms with Gasteiger partial charge in [0.15, 0.2) is 5.13 Å². The molecule has 128 valence electrons. The average Bonchev–Trinajstić information content (AvgIpc) is 3.06. The third-order valence-corrected chi connectivity index (χ3v) is 4.39. The van der Waals surface area contributed by atoms with Gasteiger partial charge in [0.25, 0.3) is 5.91 Å². The van der Waals surface area contributed by atoms with Crippen molar-refractivity contribution in [1.82, 2.24) is 20.2 Å². The van der Waals surface area contributed by atoms with Crippen LogP contribution >= 0.6 is 11.3 Å². The first kappa shape index (κ1) is 16.1. The van der Waals surface area contributed by atoms with E-state index in [1.807, 2.05) is 25.1 Å². The van der Waals surface area contributed by atoms with Gasteiger partial charge in [0.1, 0.15) is 16.1 Å². The zero-order chi connectivity index (χ0) is 17.9. The van der Waals surface area contributed by atoms with Crippen LogP contribution in [0.4, 0.5) is 5.13 Å². The van der Waals surface area contributed by atoms with Gasteiger partial charge >= 0.3 is 0 Å². The van der Waals surface area contributed by atoms with Gasteiger partial charge in [-0.3, -0.25) is 10.1 Å². The van der Waals surface area contributed by atoms with Gasteiger partial charge in [-0.15, -0.1) is 5.10 Å². The molecule has 1 amide bonds. The van der Waals surface area contributed by atoms with Crippen molar-refractivity contribution < 1.29 is 9.53 Å². The number of nitrogens with one attached hydrogen (secondary N) is 1. The first-order valence-electron chi connectivity index (χ1n) is 7.78. The van der Waals surface area contributed by atoms with E-state index in [0.29, 0.717) is 22.3 Å². The van der Waals surface area contributed by atoms with Crippen LogP contribution in [0.15, 0.2) is 54.7 Å². The third kappa shape index (κ3) is 3.50. The molecule has 0 spiro atoms. The van der Waals surface area contributed by atoms with Crippen molar-refractivity contribution in [2.75, 3.05) is 5.32 Å². The van der Waals surface area contributed by atoms with E-state index in [1.165, 1.54) is 11.3 Å². The molecule has 0 fully saturated rings. The summed E-state index contributed by atoms with van der Waals surface area (Å²) in [5.74, 6) is 0.726. The average molecular weight is 363 g/mol. The minimum atomic E-state index is -0.245. The maximum Gasteiger partial charge on any atom is 0.257 e. The molecule has 3 aromatic heterocycles. The van der Waals surface area contributed by atoms with Gasteiger partial charge in [0.05, 0.1) is 5.69 Å². The van der Waals surface area contributed by atoms with Gasteiger partial charge in [0.2, 0.25) is 5.88 Å².